The smallest absolute Gasteiger partial charge is 0.149 e. The van der Waals surface area contributed by atoms with E-state index in [1.807, 2.05) is 15.7 Å². The van der Waals surface area contributed by atoms with Crippen molar-refractivity contribution in [3.8, 4) is 44.9 Å². The van der Waals surface area contributed by atoms with E-state index in [1.54, 1.807) is 7.85 Å². The van der Waals surface area contributed by atoms with Gasteiger partial charge in [0, 0.05) is 16.3 Å². The average Bonchev–Trinajstić information content (AvgIpc) is 3.52. The van der Waals surface area contributed by atoms with E-state index in [1.165, 1.54) is 10.8 Å². The van der Waals surface area contributed by atoms with Gasteiger partial charge in [-0.25, -0.2) is 0 Å². The monoisotopic (exact) mass is 614 g/mol. The molecule has 9 aromatic rings. The van der Waals surface area contributed by atoms with Crippen molar-refractivity contribution in [3.05, 3.63) is 127 Å². The largest absolute Gasteiger partial charge is 0.509 e. The standard InChI is InChI=1S/C42H29B3O3/c43-37-36(38(44)41(47)39(45)40(37)46)35-27-15-5-3-13-25(27)33(26-14-4-6-16-28(26)35)30-19-9-21-32-34(30)31-20-8-18-29(42(31)48-32)24-17-7-11-22-10-1-2-12-23(22)24/h1-21,46-47H,43-45H2. The molecule has 9 rings (SSSR count). The van der Waals surface area contributed by atoms with E-state index in [4.69, 9.17) is 4.42 Å². The molecule has 0 radical (unpaired) electrons. The number of para-hydroxylation sites is 1. The maximum atomic E-state index is 11.1. The van der Waals surface area contributed by atoms with Crippen LogP contribution >= 0.6 is 0 Å². The minimum Gasteiger partial charge on any atom is -0.509 e. The van der Waals surface area contributed by atoms with Crippen LogP contribution in [0.3, 0.4) is 0 Å². The zero-order valence-corrected chi connectivity index (χ0v) is 26.9. The van der Waals surface area contributed by atoms with Crippen LogP contribution < -0.4 is 16.4 Å². The predicted octanol–water partition coefficient (Wildman–Crippen LogP) is 6.23. The molecule has 1 aromatic heterocycles. The lowest BCUT2D eigenvalue weighted by Crippen LogP contribution is -2.28. The molecule has 0 aliphatic heterocycles. The molecular formula is C42H29B3O3. The summed E-state index contributed by atoms with van der Waals surface area (Å²) in [6.45, 7) is 0. The van der Waals surface area contributed by atoms with Crippen LogP contribution in [0.4, 0.5) is 0 Å². The molecule has 6 heteroatoms. The van der Waals surface area contributed by atoms with Crippen molar-refractivity contribution in [1.82, 2.24) is 0 Å². The van der Waals surface area contributed by atoms with E-state index in [0.29, 0.717) is 5.46 Å². The van der Waals surface area contributed by atoms with Crippen molar-refractivity contribution in [3.63, 3.8) is 0 Å². The molecule has 0 aliphatic carbocycles. The average molecular weight is 614 g/mol. The Hall–Kier alpha value is -5.87. The summed E-state index contributed by atoms with van der Waals surface area (Å²) in [5.41, 5.74) is 10.1. The van der Waals surface area contributed by atoms with Gasteiger partial charge in [-0.05, 0) is 82.6 Å². The van der Waals surface area contributed by atoms with E-state index in [9.17, 15) is 10.2 Å². The van der Waals surface area contributed by atoms with Gasteiger partial charge in [0.1, 0.15) is 46.2 Å². The Labute approximate surface area is 280 Å². The lowest BCUT2D eigenvalue weighted by molar-refractivity contribution is 0.464. The van der Waals surface area contributed by atoms with Crippen LogP contribution in [0, 0.1) is 0 Å². The van der Waals surface area contributed by atoms with Gasteiger partial charge in [-0.3, -0.25) is 0 Å². The van der Waals surface area contributed by atoms with Crippen LogP contribution in [0.5, 0.6) is 11.5 Å². The van der Waals surface area contributed by atoms with Crippen molar-refractivity contribution in [1.29, 1.82) is 0 Å². The molecule has 0 fully saturated rings. The third-order valence-electron chi connectivity index (χ3n) is 10.2. The fourth-order valence-corrected chi connectivity index (χ4v) is 7.98. The van der Waals surface area contributed by atoms with Crippen LogP contribution in [-0.2, 0) is 0 Å². The van der Waals surface area contributed by atoms with Crippen molar-refractivity contribution in [2.24, 2.45) is 0 Å². The fourth-order valence-electron chi connectivity index (χ4n) is 7.98. The minimum atomic E-state index is 0.127. The summed E-state index contributed by atoms with van der Waals surface area (Å²) in [5.74, 6) is 0.254. The molecule has 8 aromatic carbocycles. The summed E-state index contributed by atoms with van der Waals surface area (Å²) in [7, 11) is 5.64. The van der Waals surface area contributed by atoms with E-state index in [-0.39, 0.29) is 11.5 Å². The highest BCUT2D eigenvalue weighted by Gasteiger charge is 2.24. The van der Waals surface area contributed by atoms with Gasteiger partial charge in [0.25, 0.3) is 0 Å². The minimum absolute atomic E-state index is 0.127. The number of rotatable bonds is 3. The quantitative estimate of drug-likeness (QED) is 0.183. The number of aromatic hydroxyl groups is 2. The molecule has 224 valence electrons. The van der Waals surface area contributed by atoms with Crippen molar-refractivity contribution < 1.29 is 14.6 Å². The molecule has 0 saturated carbocycles. The molecule has 0 atom stereocenters. The number of furan rings is 1. The van der Waals surface area contributed by atoms with Crippen LogP contribution in [0.15, 0.2) is 132 Å². The topological polar surface area (TPSA) is 53.6 Å². The fraction of sp³-hybridized carbons (Fsp3) is 0. The zero-order chi connectivity index (χ0) is 32.7. The Bertz CT molecular complexity index is 2710. The Kier molecular flexibility index (Phi) is 6.25. The van der Waals surface area contributed by atoms with E-state index < -0.39 is 0 Å². The Morgan fingerprint density at radius 3 is 1.54 bits per heavy atom. The van der Waals surface area contributed by atoms with Gasteiger partial charge >= 0.3 is 0 Å². The molecule has 1 heterocycles. The zero-order valence-electron chi connectivity index (χ0n) is 26.9. The highest BCUT2D eigenvalue weighted by atomic mass is 16.3. The lowest BCUT2D eigenvalue weighted by atomic mass is 9.70. The highest BCUT2D eigenvalue weighted by Crippen LogP contribution is 2.48. The normalized spacial score (nSPS) is 11.8. The number of phenols is 2. The predicted molar refractivity (Wildman–Crippen MR) is 210 cm³/mol. The molecule has 0 amide bonds. The van der Waals surface area contributed by atoms with Crippen LogP contribution in [0.25, 0.3) is 87.6 Å². The number of benzene rings is 8. The van der Waals surface area contributed by atoms with Crippen LogP contribution in [-0.4, -0.2) is 33.8 Å². The van der Waals surface area contributed by atoms with Crippen molar-refractivity contribution in [2.75, 3.05) is 0 Å². The second-order valence-electron chi connectivity index (χ2n) is 12.8. The summed E-state index contributed by atoms with van der Waals surface area (Å²) in [6.07, 6.45) is 0. The van der Waals surface area contributed by atoms with Gasteiger partial charge < -0.3 is 14.6 Å². The highest BCUT2D eigenvalue weighted by molar-refractivity contribution is 6.53. The Morgan fingerprint density at radius 2 is 0.875 bits per heavy atom. The van der Waals surface area contributed by atoms with Gasteiger partial charge in [-0.1, -0.05) is 121 Å². The maximum absolute atomic E-state index is 11.1. The molecule has 0 aliphatic rings. The first-order valence-electron chi connectivity index (χ1n) is 16.3. The van der Waals surface area contributed by atoms with Gasteiger partial charge in [0.2, 0.25) is 0 Å². The summed E-state index contributed by atoms with van der Waals surface area (Å²) < 4.78 is 6.78. The number of fused-ring (bicyclic) bond motifs is 6. The van der Waals surface area contributed by atoms with E-state index in [2.05, 4.69) is 127 Å². The first-order valence-corrected chi connectivity index (χ1v) is 16.3. The van der Waals surface area contributed by atoms with E-state index >= 15 is 0 Å². The van der Waals surface area contributed by atoms with Gasteiger partial charge in [-0.2, -0.15) is 0 Å². The van der Waals surface area contributed by atoms with Crippen molar-refractivity contribution in [2.45, 2.75) is 0 Å². The number of hydrogen-bond donors (Lipinski definition) is 2. The number of hydrogen-bond acceptors (Lipinski definition) is 3. The molecule has 0 unspecified atom stereocenters. The first kappa shape index (κ1) is 28.4. The van der Waals surface area contributed by atoms with Gasteiger partial charge in [0.05, 0.1) is 0 Å². The molecule has 2 N–H and O–H groups in total. The molecule has 48 heavy (non-hydrogen) atoms. The molecular weight excluding hydrogens is 585 g/mol. The molecule has 0 saturated heterocycles. The number of phenolic OH excluding ortho intramolecular Hbond substituents is 2. The first-order chi connectivity index (χ1) is 23.4. The molecule has 0 spiro atoms. The third-order valence-corrected chi connectivity index (χ3v) is 10.2. The molecule has 0 bridgehead atoms. The molecule has 3 nitrogen and oxygen atoms in total. The Balaban J connectivity index is 1.40. The Morgan fingerprint density at radius 1 is 0.396 bits per heavy atom. The van der Waals surface area contributed by atoms with Crippen LogP contribution in [0.1, 0.15) is 0 Å². The maximum Gasteiger partial charge on any atom is 0.149 e. The van der Waals surface area contributed by atoms with Crippen molar-refractivity contribution >= 4 is 94.2 Å². The second-order valence-corrected chi connectivity index (χ2v) is 12.8. The summed E-state index contributed by atoms with van der Waals surface area (Å²) in [4.78, 5) is 0. The van der Waals surface area contributed by atoms with E-state index in [0.717, 1.165) is 87.8 Å². The lowest BCUT2D eigenvalue weighted by Gasteiger charge is -2.22. The van der Waals surface area contributed by atoms with Gasteiger partial charge in [-0.15, -0.1) is 0 Å². The summed E-state index contributed by atoms with van der Waals surface area (Å²) >= 11 is 0. The van der Waals surface area contributed by atoms with Crippen LogP contribution in [0.2, 0.25) is 0 Å². The van der Waals surface area contributed by atoms with Gasteiger partial charge in [0.15, 0.2) is 0 Å². The SMILES string of the molecule is Bc1c(O)c(B)c(-c2c3ccccc3c(-c3cccc4oc5c(-c6cccc7ccccc67)cccc5c34)c3ccccc23)c(B)c1O. The second kappa shape index (κ2) is 10.6. The third kappa shape index (κ3) is 3.93. The summed E-state index contributed by atoms with van der Waals surface area (Å²) in [6, 6.07) is 44.7. The summed E-state index contributed by atoms with van der Waals surface area (Å²) in [5, 5.41) is 31.1.